The molecule has 0 aliphatic heterocycles. The van der Waals surface area contributed by atoms with Gasteiger partial charge in [-0.15, -0.1) is 0 Å². The van der Waals surface area contributed by atoms with Gasteiger partial charge in [-0.1, -0.05) is 12.1 Å². The highest BCUT2D eigenvalue weighted by molar-refractivity contribution is 6.12. The Hall–Kier alpha value is -4.66. The van der Waals surface area contributed by atoms with Crippen molar-refractivity contribution in [1.29, 1.82) is 0 Å². The smallest absolute Gasteiger partial charge is 0.435 e. The summed E-state index contributed by atoms with van der Waals surface area (Å²) in [5, 5.41) is 10.5. The van der Waals surface area contributed by atoms with Gasteiger partial charge in [0.15, 0.2) is 0 Å². The highest BCUT2D eigenvalue weighted by atomic mass is 16.6. The van der Waals surface area contributed by atoms with Crippen molar-refractivity contribution >= 4 is 40.2 Å². The van der Waals surface area contributed by atoms with Crippen molar-refractivity contribution in [3.63, 3.8) is 0 Å². The third kappa shape index (κ3) is 6.13. The lowest BCUT2D eigenvalue weighted by Crippen LogP contribution is -2.27. The molecule has 2 amide bonds. The summed E-state index contributed by atoms with van der Waals surface area (Å²) in [6.07, 6.45) is 0.935. The van der Waals surface area contributed by atoms with Crippen molar-refractivity contribution < 1.29 is 23.9 Å². The van der Waals surface area contributed by atoms with Gasteiger partial charge in [-0.2, -0.15) is 9.78 Å². The van der Waals surface area contributed by atoms with Crippen LogP contribution >= 0.6 is 0 Å². The summed E-state index contributed by atoms with van der Waals surface area (Å²) in [5.41, 5.74) is 1.33. The summed E-state index contributed by atoms with van der Waals surface area (Å²) in [7, 11) is 0. The summed E-state index contributed by atoms with van der Waals surface area (Å²) in [5.74, 6) is -0.111. The Balaban J connectivity index is 1.53. The molecule has 4 rings (SSSR count). The Morgan fingerprint density at radius 2 is 1.65 bits per heavy atom. The molecule has 0 bridgehead atoms. The lowest BCUT2D eigenvalue weighted by molar-refractivity contribution is 0.0522. The summed E-state index contributed by atoms with van der Waals surface area (Å²) < 4.78 is 12.0. The summed E-state index contributed by atoms with van der Waals surface area (Å²) >= 11 is 0. The minimum atomic E-state index is -0.680. The average molecular weight is 501 g/mol. The van der Waals surface area contributed by atoms with Gasteiger partial charge in [-0.3, -0.25) is 9.59 Å². The molecule has 0 spiro atoms. The molecule has 0 saturated heterocycles. The standard InChI is InChI=1S/C28H28N4O5/c1-5-36-21-14-11-18(12-15-21)25(33)31-23-9-7-6-8-22(23)26(34)30-20-13-10-19-17-29-32(24(19)16-20)27(35)37-28(2,3)4/h6-17H,5H2,1-4H3,(H,30,34)(H,31,33). The molecule has 190 valence electrons. The van der Waals surface area contributed by atoms with E-state index in [-0.39, 0.29) is 11.5 Å². The van der Waals surface area contributed by atoms with Crippen LogP contribution < -0.4 is 15.4 Å². The minimum absolute atomic E-state index is 0.280. The average Bonchev–Trinajstić information content (AvgIpc) is 3.27. The van der Waals surface area contributed by atoms with E-state index in [4.69, 9.17) is 9.47 Å². The molecule has 0 aliphatic rings. The van der Waals surface area contributed by atoms with E-state index in [1.807, 2.05) is 6.92 Å². The van der Waals surface area contributed by atoms with E-state index < -0.39 is 17.6 Å². The SMILES string of the molecule is CCOc1ccc(C(=O)Nc2ccccc2C(=O)Nc2ccc3cnn(C(=O)OC(C)(C)C)c3c2)cc1. The second-order valence-electron chi connectivity index (χ2n) is 9.22. The molecule has 0 radical (unpaired) electrons. The number of amides is 2. The first-order valence-corrected chi connectivity index (χ1v) is 11.8. The van der Waals surface area contributed by atoms with E-state index in [1.165, 1.54) is 0 Å². The van der Waals surface area contributed by atoms with E-state index in [0.29, 0.717) is 40.2 Å². The van der Waals surface area contributed by atoms with Gasteiger partial charge in [-0.25, -0.2) is 4.79 Å². The van der Waals surface area contributed by atoms with Gasteiger partial charge >= 0.3 is 6.09 Å². The Bertz CT molecular complexity index is 1450. The predicted molar refractivity (Wildman–Crippen MR) is 141 cm³/mol. The van der Waals surface area contributed by atoms with Gasteiger partial charge < -0.3 is 20.1 Å². The fourth-order valence-electron chi connectivity index (χ4n) is 3.60. The highest BCUT2D eigenvalue weighted by Gasteiger charge is 2.21. The van der Waals surface area contributed by atoms with Crippen molar-refractivity contribution in [2.24, 2.45) is 0 Å². The van der Waals surface area contributed by atoms with Crippen molar-refractivity contribution in [2.45, 2.75) is 33.3 Å². The van der Waals surface area contributed by atoms with Crippen LogP contribution in [0.1, 0.15) is 48.4 Å². The Morgan fingerprint density at radius 1 is 0.919 bits per heavy atom. The van der Waals surface area contributed by atoms with Crippen LogP contribution in [-0.2, 0) is 4.74 Å². The summed E-state index contributed by atoms with van der Waals surface area (Å²) in [6.45, 7) is 7.73. The van der Waals surface area contributed by atoms with Crippen molar-refractivity contribution in [3.8, 4) is 5.75 Å². The maximum absolute atomic E-state index is 13.2. The number of carbonyl (C=O) groups is 3. The third-order valence-electron chi connectivity index (χ3n) is 5.24. The molecule has 4 aromatic rings. The minimum Gasteiger partial charge on any atom is -0.494 e. The quantitative estimate of drug-likeness (QED) is 0.350. The molecule has 1 heterocycles. The molecule has 0 saturated carbocycles. The molecule has 0 unspecified atom stereocenters. The van der Waals surface area contributed by atoms with E-state index in [1.54, 1.807) is 93.7 Å². The van der Waals surface area contributed by atoms with Gasteiger partial charge in [0.2, 0.25) is 0 Å². The monoisotopic (exact) mass is 500 g/mol. The number of fused-ring (bicyclic) bond motifs is 1. The van der Waals surface area contributed by atoms with Gasteiger partial charge in [0, 0.05) is 16.6 Å². The van der Waals surface area contributed by atoms with Crippen molar-refractivity contribution in [2.75, 3.05) is 17.2 Å². The number of anilines is 2. The molecular weight excluding hydrogens is 472 g/mol. The molecular formula is C28H28N4O5. The number of ether oxygens (including phenoxy) is 2. The second kappa shape index (κ2) is 10.5. The summed E-state index contributed by atoms with van der Waals surface area (Å²) in [6, 6.07) is 18.6. The lowest BCUT2D eigenvalue weighted by atomic mass is 10.1. The van der Waals surface area contributed by atoms with Gasteiger partial charge in [0.1, 0.15) is 11.4 Å². The van der Waals surface area contributed by atoms with Crippen LogP contribution in [0.5, 0.6) is 5.75 Å². The molecule has 0 aliphatic carbocycles. The molecule has 9 nitrogen and oxygen atoms in total. The van der Waals surface area contributed by atoms with Gasteiger partial charge in [-0.05, 0) is 82.3 Å². The zero-order valence-corrected chi connectivity index (χ0v) is 21.1. The van der Waals surface area contributed by atoms with Crippen LogP contribution in [-0.4, -0.2) is 39.9 Å². The number of carbonyl (C=O) groups excluding carboxylic acids is 3. The number of nitrogens with zero attached hydrogens (tertiary/aromatic N) is 2. The molecule has 3 aromatic carbocycles. The van der Waals surface area contributed by atoms with E-state index in [0.717, 1.165) is 4.68 Å². The number of para-hydroxylation sites is 1. The Labute approximate surface area is 214 Å². The zero-order valence-electron chi connectivity index (χ0n) is 21.1. The topological polar surface area (TPSA) is 112 Å². The first-order chi connectivity index (χ1) is 17.6. The molecule has 0 atom stereocenters. The van der Waals surface area contributed by atoms with Crippen LogP contribution in [0.4, 0.5) is 16.2 Å². The first kappa shape index (κ1) is 25.4. The second-order valence-corrected chi connectivity index (χ2v) is 9.22. The van der Waals surface area contributed by atoms with Crippen LogP contribution in [0, 0.1) is 0 Å². The van der Waals surface area contributed by atoms with Crippen LogP contribution in [0.3, 0.4) is 0 Å². The summed E-state index contributed by atoms with van der Waals surface area (Å²) in [4.78, 5) is 38.5. The van der Waals surface area contributed by atoms with Gasteiger partial charge in [0.05, 0.1) is 29.6 Å². The Kier molecular flexibility index (Phi) is 7.24. The van der Waals surface area contributed by atoms with E-state index >= 15 is 0 Å². The van der Waals surface area contributed by atoms with E-state index in [2.05, 4.69) is 15.7 Å². The van der Waals surface area contributed by atoms with Crippen LogP contribution in [0.2, 0.25) is 0 Å². The number of hydrogen-bond acceptors (Lipinski definition) is 6. The van der Waals surface area contributed by atoms with Gasteiger partial charge in [0.25, 0.3) is 11.8 Å². The zero-order chi connectivity index (χ0) is 26.6. The normalized spacial score (nSPS) is 11.1. The lowest BCUT2D eigenvalue weighted by Gasteiger charge is -2.19. The number of hydrogen-bond donors (Lipinski definition) is 2. The Morgan fingerprint density at radius 3 is 2.35 bits per heavy atom. The molecule has 0 fully saturated rings. The molecule has 9 heteroatoms. The predicted octanol–water partition coefficient (Wildman–Crippen LogP) is 5.72. The number of benzene rings is 3. The van der Waals surface area contributed by atoms with Crippen LogP contribution in [0.15, 0.2) is 72.9 Å². The maximum atomic E-state index is 13.2. The number of rotatable bonds is 6. The highest BCUT2D eigenvalue weighted by Crippen LogP contribution is 2.23. The fourth-order valence-corrected chi connectivity index (χ4v) is 3.60. The third-order valence-corrected chi connectivity index (χ3v) is 5.24. The van der Waals surface area contributed by atoms with Crippen LogP contribution in [0.25, 0.3) is 10.9 Å². The first-order valence-electron chi connectivity index (χ1n) is 11.8. The fraction of sp³-hybridized carbons (Fsp3) is 0.214. The van der Waals surface area contributed by atoms with Crippen molar-refractivity contribution in [1.82, 2.24) is 9.78 Å². The molecule has 37 heavy (non-hydrogen) atoms. The number of nitrogens with one attached hydrogen (secondary N) is 2. The largest absolute Gasteiger partial charge is 0.494 e. The molecule has 1 aromatic heterocycles. The maximum Gasteiger partial charge on any atom is 0.435 e. The number of aromatic nitrogens is 2. The molecule has 2 N–H and O–H groups in total. The van der Waals surface area contributed by atoms with E-state index in [9.17, 15) is 14.4 Å². The van der Waals surface area contributed by atoms with Crippen molar-refractivity contribution in [3.05, 3.63) is 84.1 Å².